The third kappa shape index (κ3) is 6.21. The van der Waals surface area contributed by atoms with Crippen molar-refractivity contribution >= 4 is 0 Å². The first-order valence-electron chi connectivity index (χ1n) is 7.63. The van der Waals surface area contributed by atoms with E-state index < -0.39 is 5.79 Å². The van der Waals surface area contributed by atoms with Gasteiger partial charge in [-0.3, -0.25) is 0 Å². The molecule has 1 aliphatic rings. The largest absolute Gasteiger partial charge is 0.394 e. The summed E-state index contributed by atoms with van der Waals surface area (Å²) in [5, 5.41) is 19.3. The molecule has 0 aliphatic carbocycles. The van der Waals surface area contributed by atoms with Crippen molar-refractivity contribution in [1.82, 2.24) is 0 Å². The van der Waals surface area contributed by atoms with Crippen LogP contribution in [0.15, 0.2) is 0 Å². The summed E-state index contributed by atoms with van der Waals surface area (Å²) >= 11 is 0. The highest BCUT2D eigenvalue weighted by atomic mass is 16.8. The van der Waals surface area contributed by atoms with Gasteiger partial charge in [-0.05, 0) is 20.3 Å². The molecule has 3 atom stereocenters. The third-order valence-corrected chi connectivity index (χ3v) is 3.61. The molecular weight excluding hydrogens is 244 g/mol. The minimum Gasteiger partial charge on any atom is -0.394 e. The third-order valence-electron chi connectivity index (χ3n) is 3.61. The highest BCUT2D eigenvalue weighted by Gasteiger charge is 2.41. The molecule has 1 heterocycles. The van der Waals surface area contributed by atoms with E-state index in [1.165, 1.54) is 25.7 Å². The van der Waals surface area contributed by atoms with Gasteiger partial charge < -0.3 is 19.7 Å². The Morgan fingerprint density at radius 1 is 1.05 bits per heavy atom. The highest BCUT2D eigenvalue weighted by molar-refractivity contribution is 4.82. The van der Waals surface area contributed by atoms with Crippen LogP contribution in [-0.4, -0.2) is 40.9 Å². The van der Waals surface area contributed by atoms with Crippen molar-refractivity contribution in [1.29, 1.82) is 0 Å². The second-order valence-electron chi connectivity index (χ2n) is 5.99. The lowest BCUT2D eigenvalue weighted by atomic mass is 10.0. The quantitative estimate of drug-likeness (QED) is 0.635. The normalized spacial score (nSPS) is 27.6. The molecule has 0 aromatic carbocycles. The maximum absolute atomic E-state index is 10.0. The van der Waals surface area contributed by atoms with E-state index in [2.05, 4.69) is 6.92 Å². The smallest absolute Gasteiger partial charge is 0.163 e. The summed E-state index contributed by atoms with van der Waals surface area (Å²) < 4.78 is 11.3. The average Bonchev–Trinajstić information content (AvgIpc) is 2.63. The van der Waals surface area contributed by atoms with Crippen LogP contribution in [0.5, 0.6) is 0 Å². The first-order chi connectivity index (χ1) is 8.98. The van der Waals surface area contributed by atoms with Crippen LogP contribution >= 0.6 is 0 Å². The molecule has 1 saturated heterocycles. The van der Waals surface area contributed by atoms with Crippen LogP contribution in [0.25, 0.3) is 0 Å². The molecule has 0 radical (unpaired) electrons. The maximum Gasteiger partial charge on any atom is 0.163 e. The fraction of sp³-hybridized carbons (Fsp3) is 1.00. The SMILES string of the molecule is CCCCCCC[C@@H](O)C[C@@H]1OC(C)(C)O[C@@H]1CO. The minimum atomic E-state index is -0.654. The predicted octanol–water partition coefficient (Wildman–Crippen LogP) is 2.61. The van der Waals surface area contributed by atoms with Gasteiger partial charge in [0.05, 0.1) is 18.8 Å². The molecule has 114 valence electrons. The van der Waals surface area contributed by atoms with Crippen molar-refractivity contribution in [3.05, 3.63) is 0 Å². The summed E-state index contributed by atoms with van der Waals surface area (Å²) in [5.74, 6) is -0.654. The molecule has 0 bridgehead atoms. The molecule has 0 aromatic rings. The van der Waals surface area contributed by atoms with Crippen molar-refractivity contribution < 1.29 is 19.7 Å². The number of hydrogen-bond acceptors (Lipinski definition) is 4. The average molecular weight is 274 g/mol. The predicted molar refractivity (Wildman–Crippen MR) is 74.9 cm³/mol. The van der Waals surface area contributed by atoms with Crippen molar-refractivity contribution in [3.63, 3.8) is 0 Å². The van der Waals surface area contributed by atoms with Gasteiger partial charge in [-0.2, -0.15) is 0 Å². The number of ether oxygens (including phenoxy) is 2. The van der Waals surface area contributed by atoms with Crippen LogP contribution in [-0.2, 0) is 9.47 Å². The van der Waals surface area contributed by atoms with Gasteiger partial charge in [-0.1, -0.05) is 39.0 Å². The van der Waals surface area contributed by atoms with E-state index in [1.807, 2.05) is 13.8 Å². The Morgan fingerprint density at radius 2 is 1.68 bits per heavy atom. The Bertz CT molecular complexity index is 242. The Labute approximate surface area is 117 Å². The monoisotopic (exact) mass is 274 g/mol. The summed E-state index contributed by atoms with van der Waals surface area (Å²) in [5.41, 5.74) is 0. The fourth-order valence-electron chi connectivity index (χ4n) is 2.63. The van der Waals surface area contributed by atoms with Crippen LogP contribution in [0.4, 0.5) is 0 Å². The zero-order valence-electron chi connectivity index (χ0n) is 12.6. The van der Waals surface area contributed by atoms with Gasteiger partial charge >= 0.3 is 0 Å². The van der Waals surface area contributed by atoms with E-state index in [0.29, 0.717) is 6.42 Å². The molecule has 1 aliphatic heterocycles. The second kappa shape index (κ2) is 8.20. The van der Waals surface area contributed by atoms with Gasteiger partial charge in [0.1, 0.15) is 6.10 Å². The van der Waals surface area contributed by atoms with Crippen molar-refractivity contribution in [3.8, 4) is 0 Å². The lowest BCUT2D eigenvalue weighted by Gasteiger charge is -2.19. The number of aliphatic hydroxyl groups excluding tert-OH is 2. The molecule has 4 nitrogen and oxygen atoms in total. The number of rotatable bonds is 9. The molecule has 0 unspecified atom stereocenters. The van der Waals surface area contributed by atoms with Crippen molar-refractivity contribution in [2.75, 3.05) is 6.61 Å². The molecule has 19 heavy (non-hydrogen) atoms. The van der Waals surface area contributed by atoms with Gasteiger partial charge in [-0.25, -0.2) is 0 Å². The molecular formula is C15H30O4. The molecule has 4 heteroatoms. The van der Waals surface area contributed by atoms with E-state index in [-0.39, 0.29) is 24.9 Å². The second-order valence-corrected chi connectivity index (χ2v) is 5.99. The van der Waals surface area contributed by atoms with Gasteiger partial charge in [0.2, 0.25) is 0 Å². The van der Waals surface area contributed by atoms with Crippen LogP contribution in [0.3, 0.4) is 0 Å². The number of unbranched alkanes of at least 4 members (excludes halogenated alkanes) is 4. The summed E-state index contributed by atoms with van der Waals surface area (Å²) in [4.78, 5) is 0. The van der Waals surface area contributed by atoms with E-state index in [4.69, 9.17) is 9.47 Å². The Hall–Kier alpha value is -0.160. The highest BCUT2D eigenvalue weighted by Crippen LogP contribution is 2.30. The summed E-state index contributed by atoms with van der Waals surface area (Å²) in [6.07, 6.45) is 6.47. The van der Waals surface area contributed by atoms with Crippen LogP contribution in [0.2, 0.25) is 0 Å². The fourth-order valence-corrected chi connectivity index (χ4v) is 2.63. The molecule has 0 spiro atoms. The lowest BCUT2D eigenvalue weighted by molar-refractivity contribution is -0.150. The first-order valence-corrected chi connectivity index (χ1v) is 7.63. The zero-order valence-corrected chi connectivity index (χ0v) is 12.6. The maximum atomic E-state index is 10.0. The summed E-state index contributed by atoms with van der Waals surface area (Å²) in [7, 11) is 0. The van der Waals surface area contributed by atoms with E-state index in [9.17, 15) is 10.2 Å². The number of hydrogen-bond donors (Lipinski definition) is 2. The van der Waals surface area contributed by atoms with Crippen LogP contribution < -0.4 is 0 Å². The topological polar surface area (TPSA) is 58.9 Å². The Kier molecular flexibility index (Phi) is 7.29. The lowest BCUT2D eigenvalue weighted by Crippen LogP contribution is -2.30. The van der Waals surface area contributed by atoms with Crippen molar-refractivity contribution in [2.24, 2.45) is 0 Å². The van der Waals surface area contributed by atoms with Crippen LogP contribution in [0, 0.1) is 0 Å². The summed E-state index contributed by atoms with van der Waals surface area (Å²) in [6.45, 7) is 5.82. The van der Waals surface area contributed by atoms with E-state index in [0.717, 1.165) is 12.8 Å². The van der Waals surface area contributed by atoms with E-state index >= 15 is 0 Å². The standard InChI is InChI=1S/C15H30O4/c1-4-5-6-7-8-9-12(17)10-13-14(11-16)19-15(2,3)18-13/h12-14,16-17H,4-11H2,1-3H3/t12-,13+,14-/m1/s1. The zero-order chi connectivity index (χ0) is 14.3. The molecule has 1 rings (SSSR count). The molecule has 0 amide bonds. The Balaban J connectivity index is 2.22. The Morgan fingerprint density at radius 3 is 2.32 bits per heavy atom. The summed E-state index contributed by atoms with van der Waals surface area (Å²) in [6, 6.07) is 0. The van der Waals surface area contributed by atoms with Crippen molar-refractivity contribution in [2.45, 2.75) is 89.8 Å². The van der Waals surface area contributed by atoms with Gasteiger partial charge in [0.25, 0.3) is 0 Å². The van der Waals surface area contributed by atoms with Crippen LogP contribution in [0.1, 0.15) is 65.7 Å². The first kappa shape index (κ1) is 16.9. The van der Waals surface area contributed by atoms with Gasteiger partial charge in [0.15, 0.2) is 5.79 Å². The number of aliphatic hydroxyl groups is 2. The molecule has 0 saturated carbocycles. The molecule has 1 fully saturated rings. The van der Waals surface area contributed by atoms with Gasteiger partial charge in [0, 0.05) is 6.42 Å². The van der Waals surface area contributed by atoms with E-state index in [1.54, 1.807) is 0 Å². The van der Waals surface area contributed by atoms with Gasteiger partial charge in [-0.15, -0.1) is 0 Å². The minimum absolute atomic E-state index is 0.0582. The molecule has 0 aromatic heterocycles. The molecule has 2 N–H and O–H groups in total.